The minimum absolute atomic E-state index is 0.0917. The van der Waals surface area contributed by atoms with Crippen LogP contribution in [-0.2, 0) is 0 Å². The first kappa shape index (κ1) is 14.1. The van der Waals surface area contributed by atoms with Crippen molar-refractivity contribution < 1.29 is 10.0 Å². The van der Waals surface area contributed by atoms with E-state index < -0.39 is 4.92 Å². The minimum Gasteiger partial charge on any atom is -0.395 e. The molecule has 0 atom stereocenters. The molecule has 0 aromatic carbocycles. The smallest absolute Gasteiger partial charge is 0.329 e. The molecule has 0 aliphatic rings. The van der Waals surface area contributed by atoms with Crippen LogP contribution in [0.5, 0.6) is 0 Å². The molecule has 18 heavy (non-hydrogen) atoms. The van der Waals surface area contributed by atoms with E-state index in [0.29, 0.717) is 25.6 Å². The first-order valence-electron chi connectivity index (χ1n) is 5.75. The van der Waals surface area contributed by atoms with E-state index in [1.165, 1.54) is 6.20 Å². The molecule has 0 aliphatic heterocycles. The fourth-order valence-electron chi connectivity index (χ4n) is 1.51. The van der Waals surface area contributed by atoms with E-state index in [9.17, 15) is 10.1 Å². The van der Waals surface area contributed by atoms with Gasteiger partial charge in [-0.25, -0.2) is 4.98 Å². The number of nitro groups is 1. The highest BCUT2D eigenvalue weighted by molar-refractivity contribution is 5.58. The Balaban J connectivity index is 3.16. The quantitative estimate of drug-likeness (QED) is 0.544. The highest BCUT2D eigenvalue weighted by atomic mass is 16.6. The average molecular weight is 255 g/mol. The molecule has 1 rings (SSSR count). The van der Waals surface area contributed by atoms with Crippen LogP contribution in [0.2, 0.25) is 0 Å². The highest BCUT2D eigenvalue weighted by Crippen LogP contribution is 2.25. The SMILES string of the molecule is CCNc1ncc([N+](=O)[O-])c(N(CC)CCO)n1. The Hall–Kier alpha value is -1.96. The molecule has 8 heteroatoms. The van der Waals surface area contributed by atoms with Gasteiger partial charge in [0, 0.05) is 19.6 Å². The second-order valence-corrected chi connectivity index (χ2v) is 3.49. The first-order chi connectivity index (χ1) is 8.63. The maximum Gasteiger partial charge on any atom is 0.329 e. The molecular weight excluding hydrogens is 238 g/mol. The molecule has 0 spiro atoms. The van der Waals surface area contributed by atoms with Crippen LogP contribution in [0.25, 0.3) is 0 Å². The van der Waals surface area contributed by atoms with Crippen molar-refractivity contribution in [3.05, 3.63) is 16.3 Å². The number of hydrogen-bond donors (Lipinski definition) is 2. The van der Waals surface area contributed by atoms with Crippen molar-refractivity contribution in [1.29, 1.82) is 0 Å². The van der Waals surface area contributed by atoms with Crippen molar-refractivity contribution in [1.82, 2.24) is 9.97 Å². The van der Waals surface area contributed by atoms with Gasteiger partial charge in [-0.1, -0.05) is 0 Å². The molecule has 0 amide bonds. The van der Waals surface area contributed by atoms with Crippen LogP contribution in [0.15, 0.2) is 6.20 Å². The fourth-order valence-corrected chi connectivity index (χ4v) is 1.51. The van der Waals surface area contributed by atoms with Gasteiger partial charge >= 0.3 is 5.69 Å². The topological polar surface area (TPSA) is 104 Å². The molecular formula is C10H17N5O3. The summed E-state index contributed by atoms with van der Waals surface area (Å²) in [5, 5.41) is 22.8. The predicted molar refractivity (Wildman–Crippen MR) is 67.8 cm³/mol. The van der Waals surface area contributed by atoms with Crippen LogP contribution in [0.3, 0.4) is 0 Å². The molecule has 8 nitrogen and oxygen atoms in total. The van der Waals surface area contributed by atoms with Gasteiger partial charge in [0.05, 0.1) is 11.5 Å². The summed E-state index contributed by atoms with van der Waals surface area (Å²) in [6, 6.07) is 0. The van der Waals surface area contributed by atoms with E-state index in [4.69, 9.17) is 5.11 Å². The van der Waals surface area contributed by atoms with Gasteiger partial charge in [0.25, 0.3) is 0 Å². The third kappa shape index (κ3) is 3.27. The third-order valence-electron chi connectivity index (χ3n) is 2.33. The van der Waals surface area contributed by atoms with Crippen LogP contribution in [-0.4, -0.2) is 46.2 Å². The Morgan fingerprint density at radius 2 is 2.28 bits per heavy atom. The summed E-state index contributed by atoms with van der Waals surface area (Å²) in [4.78, 5) is 20.0. The van der Waals surface area contributed by atoms with Gasteiger partial charge in [-0.2, -0.15) is 4.98 Å². The normalized spacial score (nSPS) is 10.2. The fraction of sp³-hybridized carbons (Fsp3) is 0.600. The maximum absolute atomic E-state index is 10.9. The number of hydrogen-bond acceptors (Lipinski definition) is 7. The van der Waals surface area contributed by atoms with Crippen LogP contribution >= 0.6 is 0 Å². The summed E-state index contributed by atoms with van der Waals surface area (Å²) >= 11 is 0. The van der Waals surface area contributed by atoms with Gasteiger partial charge in [0.1, 0.15) is 6.20 Å². The van der Waals surface area contributed by atoms with Crippen molar-refractivity contribution in [2.45, 2.75) is 13.8 Å². The molecule has 1 aromatic heterocycles. The highest BCUT2D eigenvalue weighted by Gasteiger charge is 2.21. The zero-order chi connectivity index (χ0) is 13.5. The van der Waals surface area contributed by atoms with Crippen LogP contribution < -0.4 is 10.2 Å². The van der Waals surface area contributed by atoms with Crippen molar-refractivity contribution >= 4 is 17.5 Å². The molecule has 0 fully saturated rings. The predicted octanol–water partition coefficient (Wildman–Crippen LogP) is 0.635. The monoisotopic (exact) mass is 255 g/mol. The number of nitrogens with zero attached hydrogens (tertiary/aromatic N) is 4. The van der Waals surface area contributed by atoms with Crippen LogP contribution in [0.1, 0.15) is 13.8 Å². The number of aromatic nitrogens is 2. The largest absolute Gasteiger partial charge is 0.395 e. The van der Waals surface area contributed by atoms with Crippen molar-refractivity contribution in [2.24, 2.45) is 0 Å². The number of rotatable bonds is 7. The van der Waals surface area contributed by atoms with E-state index in [1.54, 1.807) is 4.90 Å². The molecule has 0 radical (unpaired) electrons. The van der Waals surface area contributed by atoms with E-state index >= 15 is 0 Å². The summed E-state index contributed by atoms with van der Waals surface area (Å²) in [5.41, 5.74) is -0.160. The zero-order valence-electron chi connectivity index (χ0n) is 10.5. The molecule has 0 saturated carbocycles. The summed E-state index contributed by atoms with van der Waals surface area (Å²) in [5.74, 6) is 0.567. The lowest BCUT2D eigenvalue weighted by Crippen LogP contribution is -2.28. The van der Waals surface area contributed by atoms with E-state index in [-0.39, 0.29) is 18.1 Å². The van der Waals surface area contributed by atoms with E-state index in [0.717, 1.165) is 0 Å². The van der Waals surface area contributed by atoms with Crippen LogP contribution in [0, 0.1) is 10.1 Å². The molecule has 2 N–H and O–H groups in total. The number of anilines is 2. The third-order valence-corrected chi connectivity index (χ3v) is 2.33. The van der Waals surface area contributed by atoms with E-state index in [1.807, 2.05) is 13.8 Å². The van der Waals surface area contributed by atoms with Crippen molar-refractivity contribution in [3.63, 3.8) is 0 Å². The minimum atomic E-state index is -0.523. The Bertz CT molecular complexity index is 412. The molecule has 1 heterocycles. The first-order valence-corrected chi connectivity index (χ1v) is 5.75. The van der Waals surface area contributed by atoms with Crippen LogP contribution in [0.4, 0.5) is 17.5 Å². The Morgan fingerprint density at radius 1 is 1.56 bits per heavy atom. The lowest BCUT2D eigenvalue weighted by Gasteiger charge is -2.20. The Labute approximate surface area is 105 Å². The molecule has 1 aromatic rings. The van der Waals surface area contributed by atoms with Gasteiger partial charge in [-0.05, 0) is 13.8 Å². The summed E-state index contributed by atoms with van der Waals surface area (Å²) in [6.07, 6.45) is 1.18. The number of aliphatic hydroxyl groups is 1. The summed E-state index contributed by atoms with van der Waals surface area (Å²) in [6.45, 7) is 5.07. The molecule has 0 bridgehead atoms. The second kappa shape index (κ2) is 6.70. The summed E-state index contributed by atoms with van der Waals surface area (Å²) < 4.78 is 0. The molecule has 0 aliphatic carbocycles. The second-order valence-electron chi connectivity index (χ2n) is 3.49. The summed E-state index contributed by atoms with van der Waals surface area (Å²) in [7, 11) is 0. The van der Waals surface area contributed by atoms with Gasteiger partial charge in [0.2, 0.25) is 11.8 Å². The number of aliphatic hydroxyl groups excluding tert-OH is 1. The Morgan fingerprint density at radius 3 is 2.78 bits per heavy atom. The van der Waals surface area contributed by atoms with Gasteiger partial charge in [0.15, 0.2) is 0 Å². The zero-order valence-corrected chi connectivity index (χ0v) is 10.5. The number of nitrogens with one attached hydrogen (secondary N) is 1. The molecule has 0 unspecified atom stereocenters. The van der Waals surface area contributed by atoms with Gasteiger partial charge in [-0.15, -0.1) is 0 Å². The standard InChI is InChI=1S/C10H17N5O3/c1-3-11-10-12-7-8(15(17)18)9(13-10)14(4-2)5-6-16/h7,16H,3-6H2,1-2H3,(H,11,12,13). The molecule has 0 saturated heterocycles. The lowest BCUT2D eigenvalue weighted by molar-refractivity contribution is -0.384. The van der Waals surface area contributed by atoms with Crippen molar-refractivity contribution in [2.75, 3.05) is 36.5 Å². The molecule has 100 valence electrons. The van der Waals surface area contributed by atoms with E-state index in [2.05, 4.69) is 15.3 Å². The number of likely N-dealkylation sites (N-methyl/N-ethyl adjacent to an activating group) is 1. The van der Waals surface area contributed by atoms with Crippen molar-refractivity contribution in [3.8, 4) is 0 Å². The van der Waals surface area contributed by atoms with Gasteiger partial charge < -0.3 is 15.3 Å². The average Bonchev–Trinajstić information content (AvgIpc) is 2.36. The maximum atomic E-state index is 10.9. The lowest BCUT2D eigenvalue weighted by atomic mass is 10.4. The van der Waals surface area contributed by atoms with Gasteiger partial charge in [-0.3, -0.25) is 10.1 Å². The Kier molecular flexibility index (Phi) is 5.25.